The first-order valence-electron chi connectivity index (χ1n) is 10.4. The summed E-state index contributed by atoms with van der Waals surface area (Å²) >= 11 is 12.9. The van der Waals surface area contributed by atoms with Crippen molar-refractivity contribution in [3.05, 3.63) is 97.9 Å². The lowest BCUT2D eigenvalue weighted by molar-refractivity contribution is -0.123. The van der Waals surface area contributed by atoms with E-state index in [4.69, 9.17) is 32.7 Å². The van der Waals surface area contributed by atoms with Gasteiger partial charge in [-0.1, -0.05) is 65.2 Å². The molecule has 4 rings (SSSR count). The molecule has 2 amide bonds. The van der Waals surface area contributed by atoms with Gasteiger partial charge in [-0.2, -0.15) is 0 Å². The van der Waals surface area contributed by atoms with Crippen LogP contribution in [-0.2, 0) is 11.3 Å². The number of hydrogen-bond acceptors (Lipinski definition) is 6. The first-order valence-corrected chi connectivity index (χ1v) is 12.0. The van der Waals surface area contributed by atoms with E-state index in [9.17, 15) is 14.4 Å². The predicted molar refractivity (Wildman–Crippen MR) is 137 cm³/mol. The van der Waals surface area contributed by atoms with Crippen molar-refractivity contribution in [3.63, 3.8) is 0 Å². The van der Waals surface area contributed by atoms with Crippen LogP contribution in [0, 0.1) is 6.92 Å². The molecule has 35 heavy (non-hydrogen) atoms. The number of methoxy groups -OCH3 is 1. The van der Waals surface area contributed by atoms with Crippen LogP contribution in [0.4, 0.5) is 4.79 Å². The van der Waals surface area contributed by atoms with Crippen molar-refractivity contribution in [2.24, 2.45) is 0 Å². The highest BCUT2D eigenvalue weighted by Gasteiger charge is 2.35. The zero-order valence-electron chi connectivity index (χ0n) is 18.7. The maximum atomic E-state index is 13.0. The molecular weight excluding hydrogens is 509 g/mol. The molecule has 0 atom stereocenters. The number of hydrogen-bond donors (Lipinski definition) is 0. The Morgan fingerprint density at radius 3 is 2.49 bits per heavy atom. The van der Waals surface area contributed by atoms with Gasteiger partial charge in [-0.15, -0.1) is 0 Å². The third kappa shape index (κ3) is 5.53. The van der Waals surface area contributed by atoms with Crippen molar-refractivity contribution in [1.29, 1.82) is 0 Å². The van der Waals surface area contributed by atoms with Crippen molar-refractivity contribution in [1.82, 2.24) is 4.90 Å². The summed E-state index contributed by atoms with van der Waals surface area (Å²) in [7, 11) is 1.43. The van der Waals surface area contributed by atoms with E-state index in [2.05, 4.69) is 0 Å². The molecule has 0 N–H and O–H groups in total. The number of para-hydroxylation sites is 1. The summed E-state index contributed by atoms with van der Waals surface area (Å²) in [5.41, 5.74) is 2.44. The van der Waals surface area contributed by atoms with Crippen LogP contribution < -0.4 is 9.47 Å². The van der Waals surface area contributed by atoms with Gasteiger partial charge in [0, 0.05) is 10.6 Å². The number of aryl methyl sites for hydroxylation is 1. The van der Waals surface area contributed by atoms with Crippen molar-refractivity contribution < 1.29 is 23.9 Å². The van der Waals surface area contributed by atoms with Crippen LogP contribution in [-0.4, -0.2) is 29.1 Å². The first-order chi connectivity index (χ1) is 16.8. The number of nitrogens with zero attached hydrogens (tertiary/aromatic N) is 1. The average Bonchev–Trinajstić information content (AvgIpc) is 3.08. The molecule has 0 aromatic heterocycles. The molecule has 1 heterocycles. The zero-order chi connectivity index (χ0) is 25.1. The Morgan fingerprint density at radius 2 is 1.80 bits per heavy atom. The Bertz CT molecular complexity index is 1350. The molecule has 0 saturated carbocycles. The van der Waals surface area contributed by atoms with E-state index in [0.717, 1.165) is 22.9 Å². The SMILES string of the molecule is COc1cccc(/C=C2\SC(=O)N(Cc3ccc(C)cc3)C2=O)c1OC(=O)c1ccc(Cl)cc1Cl. The number of halogens is 2. The number of benzene rings is 3. The Hall–Kier alpha value is -3.26. The molecule has 0 aliphatic carbocycles. The first kappa shape index (κ1) is 24.9. The van der Waals surface area contributed by atoms with Gasteiger partial charge < -0.3 is 9.47 Å². The molecular formula is C26H19Cl2NO5S. The van der Waals surface area contributed by atoms with E-state index in [1.54, 1.807) is 18.2 Å². The quantitative estimate of drug-likeness (QED) is 0.200. The molecule has 3 aromatic rings. The van der Waals surface area contributed by atoms with Crippen molar-refractivity contribution in [2.45, 2.75) is 13.5 Å². The van der Waals surface area contributed by atoms with Crippen LogP contribution in [0.2, 0.25) is 10.0 Å². The lowest BCUT2D eigenvalue weighted by atomic mass is 10.1. The van der Waals surface area contributed by atoms with Gasteiger partial charge in [0.2, 0.25) is 0 Å². The van der Waals surface area contributed by atoms with Gasteiger partial charge in [0.1, 0.15) is 0 Å². The third-order valence-corrected chi connectivity index (χ3v) is 6.65. The van der Waals surface area contributed by atoms with Crippen LogP contribution in [0.15, 0.2) is 65.6 Å². The molecule has 6 nitrogen and oxygen atoms in total. The number of carbonyl (C=O) groups is 3. The van der Waals surface area contributed by atoms with Crippen molar-refractivity contribution in [3.8, 4) is 11.5 Å². The lowest BCUT2D eigenvalue weighted by Gasteiger charge is -2.13. The smallest absolute Gasteiger partial charge is 0.345 e. The summed E-state index contributed by atoms with van der Waals surface area (Å²) in [6, 6.07) is 17.0. The second kappa shape index (κ2) is 10.6. The number of rotatable bonds is 6. The highest BCUT2D eigenvalue weighted by atomic mass is 35.5. The van der Waals surface area contributed by atoms with Crippen LogP contribution in [0.5, 0.6) is 11.5 Å². The summed E-state index contributed by atoms with van der Waals surface area (Å²) < 4.78 is 11.0. The molecule has 0 bridgehead atoms. The molecule has 1 fully saturated rings. The summed E-state index contributed by atoms with van der Waals surface area (Å²) in [6.45, 7) is 2.13. The summed E-state index contributed by atoms with van der Waals surface area (Å²) in [5, 5.41) is 0.137. The summed E-state index contributed by atoms with van der Waals surface area (Å²) in [4.78, 5) is 39.8. The molecule has 9 heteroatoms. The number of ether oxygens (including phenoxy) is 2. The molecule has 1 aliphatic rings. The number of imide groups is 1. The minimum absolute atomic E-state index is 0.0938. The number of amides is 2. The van der Waals surface area contributed by atoms with Gasteiger partial charge in [-0.3, -0.25) is 14.5 Å². The fourth-order valence-corrected chi connectivity index (χ4v) is 4.69. The maximum Gasteiger partial charge on any atom is 0.345 e. The van der Waals surface area contributed by atoms with Crippen molar-refractivity contribution >= 4 is 58.2 Å². The summed E-state index contributed by atoms with van der Waals surface area (Å²) in [6.07, 6.45) is 1.51. The molecule has 3 aromatic carbocycles. The fraction of sp³-hybridized carbons (Fsp3) is 0.115. The Balaban J connectivity index is 1.63. The van der Waals surface area contributed by atoms with Gasteiger partial charge in [0.25, 0.3) is 11.1 Å². The topological polar surface area (TPSA) is 72.9 Å². The van der Waals surface area contributed by atoms with E-state index in [-0.39, 0.29) is 38.8 Å². The third-order valence-electron chi connectivity index (χ3n) is 5.20. The molecule has 1 saturated heterocycles. The number of carbonyl (C=O) groups excluding carboxylic acids is 3. The van der Waals surface area contributed by atoms with Crippen LogP contribution in [0.3, 0.4) is 0 Å². The molecule has 1 aliphatic heterocycles. The van der Waals surface area contributed by atoms with E-state index >= 15 is 0 Å². The van der Waals surface area contributed by atoms with E-state index in [0.29, 0.717) is 10.6 Å². The van der Waals surface area contributed by atoms with Gasteiger partial charge in [-0.25, -0.2) is 4.79 Å². The fourth-order valence-electron chi connectivity index (χ4n) is 3.37. The minimum Gasteiger partial charge on any atom is -0.493 e. The largest absolute Gasteiger partial charge is 0.493 e. The van der Waals surface area contributed by atoms with Gasteiger partial charge in [0.05, 0.1) is 29.1 Å². The molecule has 0 spiro atoms. The van der Waals surface area contributed by atoms with Gasteiger partial charge >= 0.3 is 5.97 Å². The molecule has 0 radical (unpaired) electrons. The number of esters is 1. The second-order valence-electron chi connectivity index (χ2n) is 7.65. The van der Waals surface area contributed by atoms with Crippen LogP contribution >= 0.6 is 35.0 Å². The average molecular weight is 528 g/mol. The van der Waals surface area contributed by atoms with E-state index < -0.39 is 11.9 Å². The normalized spacial score (nSPS) is 14.5. The Kier molecular flexibility index (Phi) is 7.50. The van der Waals surface area contributed by atoms with E-state index in [1.807, 2.05) is 31.2 Å². The molecule has 178 valence electrons. The monoisotopic (exact) mass is 527 g/mol. The van der Waals surface area contributed by atoms with Crippen molar-refractivity contribution in [2.75, 3.05) is 7.11 Å². The number of thioether (sulfide) groups is 1. The van der Waals surface area contributed by atoms with Crippen LogP contribution in [0.1, 0.15) is 27.0 Å². The van der Waals surface area contributed by atoms with Crippen LogP contribution in [0.25, 0.3) is 6.08 Å². The van der Waals surface area contributed by atoms with E-state index in [1.165, 1.54) is 36.3 Å². The standard InChI is InChI=1S/C26H19Cl2NO5S/c1-15-6-8-16(9-7-15)14-29-24(30)22(35-26(29)32)12-17-4-3-5-21(33-2)23(17)34-25(31)19-11-10-18(27)13-20(19)28/h3-13H,14H2,1-2H3/b22-12-. The second-order valence-corrected chi connectivity index (χ2v) is 9.48. The highest BCUT2D eigenvalue weighted by molar-refractivity contribution is 8.18. The zero-order valence-corrected chi connectivity index (χ0v) is 21.0. The Morgan fingerprint density at radius 1 is 1.06 bits per heavy atom. The van der Waals surface area contributed by atoms with Gasteiger partial charge in [-0.05, 0) is 54.6 Å². The summed E-state index contributed by atoms with van der Waals surface area (Å²) in [5.74, 6) is -0.785. The highest BCUT2D eigenvalue weighted by Crippen LogP contribution is 2.38. The Labute approximate surface area is 216 Å². The maximum absolute atomic E-state index is 13.0. The minimum atomic E-state index is -0.724. The predicted octanol–water partition coefficient (Wildman–Crippen LogP) is 6.77. The van der Waals surface area contributed by atoms with Gasteiger partial charge in [0.15, 0.2) is 11.5 Å². The molecule has 0 unspecified atom stereocenters. The lowest BCUT2D eigenvalue weighted by Crippen LogP contribution is -2.27.